The highest BCUT2D eigenvalue weighted by molar-refractivity contribution is 7.10. The van der Waals surface area contributed by atoms with Crippen molar-refractivity contribution in [2.75, 3.05) is 6.61 Å². The smallest absolute Gasteiger partial charge is 0.340 e. The van der Waals surface area contributed by atoms with Gasteiger partial charge in [-0.15, -0.1) is 11.3 Å². The molecule has 0 amide bonds. The highest BCUT2D eigenvalue weighted by atomic mass is 32.1. The van der Waals surface area contributed by atoms with Crippen molar-refractivity contribution in [3.8, 4) is 0 Å². The van der Waals surface area contributed by atoms with Gasteiger partial charge in [-0.25, -0.2) is 4.79 Å². The van der Waals surface area contributed by atoms with Gasteiger partial charge in [-0.05, 0) is 50.3 Å². The van der Waals surface area contributed by atoms with Gasteiger partial charge < -0.3 is 9.72 Å². The van der Waals surface area contributed by atoms with E-state index in [1.165, 1.54) is 0 Å². The lowest BCUT2D eigenvalue weighted by Gasteiger charge is -2.22. The van der Waals surface area contributed by atoms with Crippen LogP contribution in [0, 0.1) is 13.8 Å². The number of esters is 1. The predicted octanol–water partition coefficient (Wildman–Crippen LogP) is 4.82. The van der Waals surface area contributed by atoms with E-state index in [1.54, 1.807) is 32.1 Å². The Bertz CT molecular complexity index is 977. The summed E-state index contributed by atoms with van der Waals surface area (Å²) in [5.41, 5.74) is 3.27. The Balaban J connectivity index is 1.86. The topological polar surface area (TPSA) is 71.2 Å². The largest absolute Gasteiger partial charge is 0.462 e. The molecule has 152 valence electrons. The van der Waals surface area contributed by atoms with Crippen LogP contribution in [0.15, 0.2) is 47.8 Å². The maximum Gasteiger partial charge on any atom is 0.340 e. The first-order valence-corrected chi connectivity index (χ1v) is 10.6. The summed E-state index contributed by atoms with van der Waals surface area (Å²) < 4.78 is 5.13. The number of benzene rings is 1. The van der Waals surface area contributed by atoms with Crippen molar-refractivity contribution in [3.05, 3.63) is 80.8 Å². The van der Waals surface area contributed by atoms with Crippen molar-refractivity contribution in [1.82, 2.24) is 10.3 Å². The SMILES string of the molecule is CCOC(=O)c1c(C)[nH]c(C(=O)[C@@H](C)N[C@H](c2ccccc2)c2cccs2)c1C. The maximum absolute atomic E-state index is 13.2. The molecule has 0 fully saturated rings. The zero-order valence-electron chi connectivity index (χ0n) is 17.1. The molecule has 2 atom stereocenters. The Morgan fingerprint density at radius 2 is 1.86 bits per heavy atom. The van der Waals surface area contributed by atoms with Gasteiger partial charge in [0.25, 0.3) is 0 Å². The minimum absolute atomic E-state index is 0.0846. The van der Waals surface area contributed by atoms with E-state index in [0.717, 1.165) is 10.4 Å². The molecule has 3 aromatic rings. The van der Waals surface area contributed by atoms with E-state index in [0.29, 0.717) is 29.1 Å². The normalized spacial score (nSPS) is 13.1. The Morgan fingerprint density at radius 1 is 1.14 bits per heavy atom. The maximum atomic E-state index is 13.2. The van der Waals surface area contributed by atoms with Crippen LogP contribution in [0.2, 0.25) is 0 Å². The first-order valence-electron chi connectivity index (χ1n) is 9.68. The molecular weight excluding hydrogens is 384 g/mol. The Hall–Kier alpha value is -2.70. The molecule has 5 nitrogen and oxygen atoms in total. The van der Waals surface area contributed by atoms with E-state index in [9.17, 15) is 9.59 Å². The third-order valence-electron chi connectivity index (χ3n) is 4.93. The lowest BCUT2D eigenvalue weighted by Crippen LogP contribution is -2.37. The molecule has 0 aliphatic rings. The summed E-state index contributed by atoms with van der Waals surface area (Å²) in [6, 6.07) is 13.6. The van der Waals surface area contributed by atoms with E-state index in [1.807, 2.05) is 36.6 Å². The van der Waals surface area contributed by atoms with Crippen LogP contribution < -0.4 is 5.32 Å². The summed E-state index contributed by atoms with van der Waals surface area (Å²) in [5.74, 6) is -0.488. The van der Waals surface area contributed by atoms with Crippen LogP contribution in [-0.4, -0.2) is 29.4 Å². The minimum Gasteiger partial charge on any atom is -0.462 e. The fraction of sp³-hybridized carbons (Fsp3) is 0.304. The van der Waals surface area contributed by atoms with Crippen LogP contribution in [0.1, 0.15) is 62.4 Å². The molecule has 2 aromatic heterocycles. The number of aromatic amines is 1. The zero-order valence-corrected chi connectivity index (χ0v) is 17.9. The molecule has 0 bridgehead atoms. The summed E-state index contributed by atoms with van der Waals surface area (Å²) in [6.45, 7) is 7.48. The molecule has 0 saturated carbocycles. The first kappa shape index (κ1) is 21.0. The quantitative estimate of drug-likeness (QED) is 0.413. The molecule has 6 heteroatoms. The van der Waals surface area contributed by atoms with Crippen molar-refractivity contribution in [2.24, 2.45) is 0 Å². The summed E-state index contributed by atoms with van der Waals surface area (Å²) >= 11 is 1.65. The Kier molecular flexibility index (Phi) is 6.67. The number of ketones is 1. The lowest BCUT2D eigenvalue weighted by molar-refractivity contribution is 0.0525. The standard InChI is InChI=1S/C23H26N2O3S/c1-5-28-23(27)19-14(2)20(24-15(19)3)22(26)16(4)25-21(18-12-9-13-29-18)17-10-7-6-8-11-17/h6-13,16,21,24-25H,5H2,1-4H3/t16-,21-/m1/s1. The molecule has 0 aliphatic heterocycles. The van der Waals surface area contributed by atoms with Gasteiger partial charge in [0.05, 0.1) is 29.9 Å². The summed E-state index contributed by atoms with van der Waals surface area (Å²) in [6.07, 6.45) is 0. The van der Waals surface area contributed by atoms with E-state index in [2.05, 4.69) is 28.5 Å². The highest BCUT2D eigenvalue weighted by Gasteiger charge is 2.27. The second-order valence-electron chi connectivity index (χ2n) is 6.96. The number of carbonyl (C=O) groups is 2. The monoisotopic (exact) mass is 410 g/mol. The third kappa shape index (κ3) is 4.49. The van der Waals surface area contributed by atoms with Gasteiger partial charge in [-0.2, -0.15) is 0 Å². The molecule has 0 aliphatic carbocycles. The van der Waals surface area contributed by atoms with Crippen molar-refractivity contribution in [2.45, 2.75) is 39.8 Å². The van der Waals surface area contributed by atoms with Crippen LogP contribution in [0.4, 0.5) is 0 Å². The zero-order chi connectivity index (χ0) is 21.0. The van der Waals surface area contributed by atoms with E-state index in [4.69, 9.17) is 4.74 Å². The first-order chi connectivity index (χ1) is 13.9. The predicted molar refractivity (Wildman–Crippen MR) is 116 cm³/mol. The van der Waals surface area contributed by atoms with E-state index in [-0.39, 0.29) is 11.8 Å². The molecule has 0 saturated heterocycles. The summed E-state index contributed by atoms with van der Waals surface area (Å²) in [5, 5.41) is 5.50. The van der Waals surface area contributed by atoms with Crippen LogP contribution in [-0.2, 0) is 4.74 Å². The van der Waals surface area contributed by atoms with Crippen LogP contribution in [0.25, 0.3) is 0 Å². The number of rotatable bonds is 8. The van der Waals surface area contributed by atoms with E-state index < -0.39 is 12.0 Å². The van der Waals surface area contributed by atoms with Gasteiger partial charge in [0.15, 0.2) is 5.78 Å². The average molecular weight is 411 g/mol. The number of hydrogen-bond acceptors (Lipinski definition) is 5. The van der Waals surface area contributed by atoms with Gasteiger partial charge in [-0.3, -0.25) is 10.1 Å². The van der Waals surface area contributed by atoms with Gasteiger partial charge in [0, 0.05) is 10.6 Å². The van der Waals surface area contributed by atoms with Gasteiger partial charge in [0.1, 0.15) is 0 Å². The van der Waals surface area contributed by atoms with Crippen LogP contribution in [0.3, 0.4) is 0 Å². The number of aromatic nitrogens is 1. The molecule has 3 rings (SSSR count). The molecule has 29 heavy (non-hydrogen) atoms. The van der Waals surface area contributed by atoms with Gasteiger partial charge in [0.2, 0.25) is 0 Å². The summed E-state index contributed by atoms with van der Waals surface area (Å²) in [4.78, 5) is 29.7. The van der Waals surface area contributed by atoms with Crippen LogP contribution >= 0.6 is 11.3 Å². The molecule has 2 heterocycles. The Labute approximate surface area is 175 Å². The van der Waals surface area contributed by atoms with Gasteiger partial charge >= 0.3 is 5.97 Å². The number of nitrogens with one attached hydrogen (secondary N) is 2. The van der Waals surface area contributed by atoms with Crippen LogP contribution in [0.5, 0.6) is 0 Å². The number of H-pyrrole nitrogens is 1. The molecule has 1 aromatic carbocycles. The number of Topliss-reactive ketones (excluding diaryl/α,β-unsaturated/α-hetero) is 1. The van der Waals surface area contributed by atoms with Crippen molar-refractivity contribution < 1.29 is 14.3 Å². The van der Waals surface area contributed by atoms with Crippen molar-refractivity contribution in [1.29, 1.82) is 0 Å². The van der Waals surface area contributed by atoms with Gasteiger partial charge in [-0.1, -0.05) is 36.4 Å². The third-order valence-corrected chi connectivity index (χ3v) is 5.87. The van der Waals surface area contributed by atoms with Crippen molar-refractivity contribution in [3.63, 3.8) is 0 Å². The lowest BCUT2D eigenvalue weighted by atomic mass is 10.0. The number of thiophene rings is 1. The summed E-state index contributed by atoms with van der Waals surface area (Å²) in [7, 11) is 0. The Morgan fingerprint density at radius 3 is 2.48 bits per heavy atom. The average Bonchev–Trinajstić information content (AvgIpc) is 3.34. The fourth-order valence-corrected chi connectivity index (χ4v) is 4.30. The number of hydrogen-bond donors (Lipinski definition) is 2. The molecule has 0 unspecified atom stereocenters. The molecule has 2 N–H and O–H groups in total. The van der Waals surface area contributed by atoms with E-state index >= 15 is 0 Å². The number of ether oxygens (including phenoxy) is 1. The molecular formula is C23H26N2O3S. The number of carbonyl (C=O) groups excluding carboxylic acids is 2. The second-order valence-corrected chi connectivity index (χ2v) is 7.94. The molecule has 0 radical (unpaired) electrons. The highest BCUT2D eigenvalue weighted by Crippen LogP contribution is 2.27. The number of aryl methyl sites for hydroxylation is 1. The molecule has 0 spiro atoms. The fourth-order valence-electron chi connectivity index (χ4n) is 3.49. The van der Waals surface area contributed by atoms with Crippen molar-refractivity contribution >= 4 is 23.1 Å². The minimum atomic E-state index is -0.450. The second kappa shape index (κ2) is 9.20.